The van der Waals surface area contributed by atoms with E-state index in [1.54, 1.807) is 19.1 Å². The van der Waals surface area contributed by atoms with Crippen molar-refractivity contribution in [1.29, 1.82) is 0 Å². The highest BCUT2D eigenvalue weighted by atomic mass is 19.3. The normalized spacial score (nSPS) is 11.5. The zero-order valence-electron chi connectivity index (χ0n) is 12.8. The van der Waals surface area contributed by atoms with Crippen LogP contribution in [-0.4, -0.2) is 18.2 Å². The molecule has 0 heterocycles. The molecule has 0 bridgehead atoms. The van der Waals surface area contributed by atoms with E-state index >= 15 is 0 Å². The van der Waals surface area contributed by atoms with Crippen molar-refractivity contribution in [2.24, 2.45) is 5.10 Å². The molecule has 0 fully saturated rings. The highest BCUT2D eigenvalue weighted by Gasteiger charge is 2.06. The Balaban J connectivity index is 1.92. The number of benzene rings is 2. The van der Waals surface area contributed by atoms with Crippen LogP contribution in [0, 0.1) is 5.82 Å². The summed E-state index contributed by atoms with van der Waals surface area (Å²) in [6.45, 7) is -1.21. The number of nitrogens with zero attached hydrogens (tertiary/aromatic N) is 1. The van der Waals surface area contributed by atoms with Crippen LogP contribution >= 0.6 is 0 Å². The Morgan fingerprint density at radius 2 is 1.75 bits per heavy atom. The van der Waals surface area contributed by atoms with E-state index in [0.29, 0.717) is 16.8 Å². The molecule has 0 radical (unpaired) electrons. The summed E-state index contributed by atoms with van der Waals surface area (Å²) < 4.78 is 41.2. The first-order chi connectivity index (χ1) is 11.4. The summed E-state index contributed by atoms with van der Waals surface area (Å²) in [5.41, 5.74) is 4.21. The number of nitrogens with one attached hydrogen (secondary N) is 1. The predicted octanol–water partition coefficient (Wildman–Crippen LogP) is 3.51. The van der Waals surface area contributed by atoms with Gasteiger partial charge in [-0.15, -0.1) is 0 Å². The molecule has 0 saturated carbocycles. The summed E-state index contributed by atoms with van der Waals surface area (Å²) in [5, 5.41) is 3.95. The molecule has 2 rings (SSSR count). The van der Waals surface area contributed by atoms with Crippen molar-refractivity contribution in [3.8, 4) is 5.75 Å². The smallest absolute Gasteiger partial charge is 0.387 e. The molecule has 1 N–H and O–H groups in total. The Morgan fingerprint density at radius 3 is 2.33 bits per heavy atom. The molecule has 7 heteroatoms. The molecule has 2 aromatic rings. The maximum Gasteiger partial charge on any atom is 0.387 e. The number of carbonyl (C=O) groups excluding carboxylic acids is 1. The Labute approximate surface area is 137 Å². The fourth-order valence-corrected chi connectivity index (χ4v) is 1.92. The zero-order chi connectivity index (χ0) is 17.5. The molecule has 4 nitrogen and oxygen atoms in total. The van der Waals surface area contributed by atoms with Gasteiger partial charge in [0.15, 0.2) is 0 Å². The molecule has 126 valence electrons. The summed E-state index contributed by atoms with van der Waals surface area (Å²) in [6, 6.07) is 11.5. The van der Waals surface area contributed by atoms with Crippen LogP contribution in [0.2, 0.25) is 0 Å². The molecule has 0 aromatic heterocycles. The average Bonchev–Trinajstić information content (AvgIpc) is 2.55. The molecular formula is C17H15F3N2O2. The number of alkyl halides is 2. The maximum absolute atomic E-state index is 12.8. The first-order valence-electron chi connectivity index (χ1n) is 7.07. The van der Waals surface area contributed by atoms with Gasteiger partial charge in [-0.2, -0.15) is 13.9 Å². The van der Waals surface area contributed by atoms with Gasteiger partial charge in [0.05, 0.1) is 12.1 Å². The number of hydrogen-bond donors (Lipinski definition) is 1. The molecule has 0 aliphatic rings. The number of hydrogen-bond acceptors (Lipinski definition) is 3. The minimum absolute atomic E-state index is 0.0434. The van der Waals surface area contributed by atoms with E-state index in [1.165, 1.54) is 36.4 Å². The van der Waals surface area contributed by atoms with Crippen LogP contribution in [0.25, 0.3) is 0 Å². The molecule has 0 spiro atoms. The summed E-state index contributed by atoms with van der Waals surface area (Å²) in [7, 11) is 0. The van der Waals surface area contributed by atoms with Gasteiger partial charge in [0.2, 0.25) is 5.91 Å². The maximum atomic E-state index is 12.8. The Morgan fingerprint density at radius 1 is 1.12 bits per heavy atom. The number of hydrazone groups is 1. The number of rotatable bonds is 6. The van der Waals surface area contributed by atoms with Gasteiger partial charge < -0.3 is 4.74 Å². The van der Waals surface area contributed by atoms with E-state index < -0.39 is 6.61 Å². The molecular weight excluding hydrogens is 321 g/mol. The van der Waals surface area contributed by atoms with Crippen LogP contribution in [0.5, 0.6) is 5.75 Å². The Kier molecular flexibility index (Phi) is 5.95. The van der Waals surface area contributed by atoms with Crippen LogP contribution in [-0.2, 0) is 11.2 Å². The third-order valence-electron chi connectivity index (χ3n) is 3.12. The second-order valence-corrected chi connectivity index (χ2v) is 4.94. The molecule has 0 atom stereocenters. The molecule has 0 aliphatic carbocycles. The van der Waals surface area contributed by atoms with E-state index in [0.717, 1.165) is 0 Å². The highest BCUT2D eigenvalue weighted by Crippen LogP contribution is 2.15. The topological polar surface area (TPSA) is 50.7 Å². The van der Waals surface area contributed by atoms with Crippen molar-refractivity contribution in [2.75, 3.05) is 0 Å². The van der Waals surface area contributed by atoms with Crippen LogP contribution < -0.4 is 10.2 Å². The van der Waals surface area contributed by atoms with E-state index in [1.807, 2.05) is 0 Å². The van der Waals surface area contributed by atoms with Gasteiger partial charge in [-0.1, -0.05) is 12.1 Å². The lowest BCUT2D eigenvalue weighted by Crippen LogP contribution is -2.21. The van der Waals surface area contributed by atoms with Crippen LogP contribution in [0.1, 0.15) is 18.1 Å². The average molecular weight is 336 g/mol. The Hall–Kier alpha value is -2.83. The number of halogens is 3. The van der Waals surface area contributed by atoms with Crippen molar-refractivity contribution in [3.63, 3.8) is 0 Å². The molecule has 2 aromatic carbocycles. The van der Waals surface area contributed by atoms with Crippen molar-refractivity contribution in [2.45, 2.75) is 20.0 Å². The largest absolute Gasteiger partial charge is 0.435 e. The predicted molar refractivity (Wildman–Crippen MR) is 83.5 cm³/mol. The number of carbonyl (C=O) groups is 1. The lowest BCUT2D eigenvalue weighted by Gasteiger charge is -2.06. The van der Waals surface area contributed by atoms with Crippen molar-refractivity contribution in [1.82, 2.24) is 5.43 Å². The summed E-state index contributed by atoms with van der Waals surface area (Å²) in [6.07, 6.45) is 0.0677. The molecule has 0 aliphatic heterocycles. The van der Waals surface area contributed by atoms with Crippen molar-refractivity contribution < 1.29 is 22.7 Å². The Bertz CT molecular complexity index is 714. The van der Waals surface area contributed by atoms with E-state index in [2.05, 4.69) is 15.3 Å². The summed E-state index contributed by atoms with van der Waals surface area (Å²) in [5.74, 6) is -0.673. The lowest BCUT2D eigenvalue weighted by molar-refractivity contribution is -0.120. The summed E-state index contributed by atoms with van der Waals surface area (Å²) in [4.78, 5) is 11.8. The molecule has 0 unspecified atom stereocenters. The highest BCUT2D eigenvalue weighted by molar-refractivity contribution is 5.99. The quantitative estimate of drug-likeness (QED) is 0.648. The van der Waals surface area contributed by atoms with Gasteiger partial charge in [0.1, 0.15) is 11.6 Å². The van der Waals surface area contributed by atoms with Gasteiger partial charge in [0, 0.05) is 0 Å². The third kappa shape index (κ3) is 5.42. The van der Waals surface area contributed by atoms with Crippen LogP contribution in [0.4, 0.5) is 13.2 Å². The first kappa shape index (κ1) is 17.5. The summed E-state index contributed by atoms with van der Waals surface area (Å²) >= 11 is 0. The third-order valence-corrected chi connectivity index (χ3v) is 3.12. The van der Waals surface area contributed by atoms with Gasteiger partial charge >= 0.3 is 6.61 Å². The van der Waals surface area contributed by atoms with Gasteiger partial charge in [0.25, 0.3) is 0 Å². The molecule has 1 amide bonds. The van der Waals surface area contributed by atoms with Crippen LogP contribution in [0.15, 0.2) is 53.6 Å². The fourth-order valence-electron chi connectivity index (χ4n) is 1.92. The van der Waals surface area contributed by atoms with E-state index in [9.17, 15) is 18.0 Å². The van der Waals surface area contributed by atoms with Gasteiger partial charge in [-0.3, -0.25) is 4.79 Å². The number of ether oxygens (including phenoxy) is 1. The molecule has 0 saturated heterocycles. The lowest BCUT2D eigenvalue weighted by atomic mass is 10.1. The monoisotopic (exact) mass is 336 g/mol. The van der Waals surface area contributed by atoms with Gasteiger partial charge in [-0.25, -0.2) is 9.82 Å². The second-order valence-electron chi connectivity index (χ2n) is 4.94. The molecule has 24 heavy (non-hydrogen) atoms. The van der Waals surface area contributed by atoms with Gasteiger partial charge in [-0.05, 0) is 54.4 Å². The van der Waals surface area contributed by atoms with Crippen molar-refractivity contribution in [3.05, 3.63) is 65.5 Å². The first-order valence-corrected chi connectivity index (χ1v) is 7.07. The zero-order valence-corrected chi connectivity index (χ0v) is 12.8. The minimum atomic E-state index is -2.88. The SMILES string of the molecule is C/C(=N\NC(=O)Cc1ccc(F)cc1)c1ccc(OC(F)F)cc1. The van der Waals surface area contributed by atoms with E-state index in [-0.39, 0.29) is 23.9 Å². The fraction of sp³-hybridized carbons (Fsp3) is 0.176. The van der Waals surface area contributed by atoms with Crippen molar-refractivity contribution >= 4 is 11.6 Å². The standard InChI is InChI=1S/C17H15F3N2O2/c1-11(13-4-8-15(9-5-13)24-17(19)20)21-22-16(23)10-12-2-6-14(18)7-3-12/h2-9,17H,10H2,1H3,(H,22,23)/b21-11+. The van der Waals surface area contributed by atoms with Crippen LogP contribution in [0.3, 0.4) is 0 Å². The number of amides is 1. The second kappa shape index (κ2) is 8.14. The van der Waals surface area contributed by atoms with E-state index in [4.69, 9.17) is 0 Å². The minimum Gasteiger partial charge on any atom is -0.435 e.